The molecule has 12 heteroatoms. The Bertz CT molecular complexity index is 1440. The molecule has 334 valence electrons. The second-order valence-corrected chi connectivity index (χ2v) is 16.5. The van der Waals surface area contributed by atoms with Gasteiger partial charge in [0.2, 0.25) is 0 Å². The summed E-state index contributed by atoms with van der Waals surface area (Å²) in [4.78, 5) is 74.0. The summed E-state index contributed by atoms with van der Waals surface area (Å²) in [5, 5.41) is 19.6. The number of carbonyl (C=O) groups is 6. The molecule has 12 nitrogen and oxygen atoms in total. The number of hydrogen-bond acceptors (Lipinski definition) is 10. The molecule has 3 rings (SSSR count). The molecule has 0 heterocycles. The van der Waals surface area contributed by atoms with E-state index in [0.717, 1.165) is 141 Å². The summed E-state index contributed by atoms with van der Waals surface area (Å²) in [6, 6.07) is 1.76. The second-order valence-electron chi connectivity index (χ2n) is 16.5. The van der Waals surface area contributed by atoms with Gasteiger partial charge >= 0.3 is 35.8 Å². The molecule has 0 radical (unpaired) electrons. The fourth-order valence-electron chi connectivity index (χ4n) is 8.63. The van der Waals surface area contributed by atoms with Crippen LogP contribution in [0.25, 0.3) is 0 Å². The Balaban J connectivity index is 1.38. The molecular formula is C48H70O12. The van der Waals surface area contributed by atoms with Crippen LogP contribution in [0.5, 0.6) is 0 Å². The van der Waals surface area contributed by atoms with Gasteiger partial charge in [0.1, 0.15) is 12.2 Å². The van der Waals surface area contributed by atoms with Crippen LogP contribution >= 0.6 is 0 Å². The molecule has 0 aromatic heterocycles. The zero-order chi connectivity index (χ0) is 43.5. The van der Waals surface area contributed by atoms with E-state index in [1.807, 2.05) is 0 Å². The maximum absolute atomic E-state index is 13.1. The quantitative estimate of drug-likeness (QED) is 0.0391. The lowest BCUT2D eigenvalue weighted by molar-refractivity contribution is -0.147. The lowest BCUT2D eigenvalue weighted by Crippen LogP contribution is -2.27. The highest BCUT2D eigenvalue weighted by molar-refractivity contribution is 6.09. The predicted molar refractivity (Wildman–Crippen MR) is 228 cm³/mol. The lowest BCUT2D eigenvalue weighted by Gasteiger charge is -2.29. The molecule has 0 bridgehead atoms. The summed E-state index contributed by atoms with van der Waals surface area (Å²) >= 11 is 0. The van der Waals surface area contributed by atoms with Crippen molar-refractivity contribution < 1.29 is 57.9 Å². The van der Waals surface area contributed by atoms with Gasteiger partial charge in [-0.25, -0.2) is 28.8 Å². The molecule has 2 saturated carbocycles. The van der Waals surface area contributed by atoms with Crippen molar-refractivity contribution in [2.45, 2.75) is 179 Å². The summed E-state index contributed by atoms with van der Waals surface area (Å²) in [6.45, 7) is 7.16. The Morgan fingerprint density at radius 2 is 0.817 bits per heavy atom. The molecule has 0 saturated heterocycles. The largest absolute Gasteiger partial charge is 0.478 e. The van der Waals surface area contributed by atoms with Crippen LogP contribution in [0.15, 0.2) is 37.4 Å². The number of unbranched alkanes of at least 4 members (excludes halogenated alkanes) is 10. The van der Waals surface area contributed by atoms with Gasteiger partial charge in [0, 0.05) is 12.2 Å². The average Bonchev–Trinajstić information content (AvgIpc) is 3.22. The normalized spacial score (nSPS) is 19.6. The van der Waals surface area contributed by atoms with Crippen molar-refractivity contribution in [3.63, 3.8) is 0 Å². The molecule has 1 aromatic rings. The van der Waals surface area contributed by atoms with Crippen LogP contribution in [0.4, 0.5) is 0 Å². The number of rotatable bonds is 26. The fraction of sp³-hybridized carbons (Fsp3) is 0.667. The van der Waals surface area contributed by atoms with E-state index in [2.05, 4.69) is 13.2 Å². The first-order valence-corrected chi connectivity index (χ1v) is 22.7. The van der Waals surface area contributed by atoms with Gasteiger partial charge in [-0.3, -0.25) is 0 Å². The van der Waals surface area contributed by atoms with E-state index in [4.69, 9.17) is 18.9 Å². The van der Waals surface area contributed by atoms with Crippen molar-refractivity contribution in [1.82, 2.24) is 0 Å². The number of ether oxygens (including phenoxy) is 4. The second kappa shape index (κ2) is 28.9. The number of aromatic carboxylic acids is 2. The van der Waals surface area contributed by atoms with E-state index in [1.54, 1.807) is 0 Å². The van der Waals surface area contributed by atoms with Gasteiger partial charge in [-0.05, 0) is 88.2 Å². The van der Waals surface area contributed by atoms with Crippen molar-refractivity contribution in [3.05, 3.63) is 59.7 Å². The minimum Gasteiger partial charge on any atom is -0.478 e. The van der Waals surface area contributed by atoms with Crippen molar-refractivity contribution in [3.8, 4) is 0 Å². The highest BCUT2D eigenvalue weighted by Gasteiger charge is 2.29. The number of esters is 4. The molecule has 0 spiro atoms. The van der Waals surface area contributed by atoms with E-state index in [0.29, 0.717) is 24.7 Å². The predicted octanol–water partition coefficient (Wildman–Crippen LogP) is 11.0. The first-order chi connectivity index (χ1) is 29.0. The third kappa shape index (κ3) is 18.4. The number of carboxylic acids is 2. The molecular weight excluding hydrogens is 769 g/mol. The zero-order valence-corrected chi connectivity index (χ0v) is 35.8. The first kappa shape index (κ1) is 49.9. The summed E-state index contributed by atoms with van der Waals surface area (Å²) in [5.74, 6) is -4.92. The number of hydrogen-bond donors (Lipinski definition) is 2. The molecule has 60 heavy (non-hydrogen) atoms. The van der Waals surface area contributed by atoms with Gasteiger partial charge in [0.05, 0.1) is 35.5 Å². The Kier molecular flexibility index (Phi) is 24.0. The van der Waals surface area contributed by atoms with Gasteiger partial charge in [-0.15, -0.1) is 0 Å². The molecule has 2 aliphatic carbocycles. The van der Waals surface area contributed by atoms with Gasteiger partial charge in [0.25, 0.3) is 0 Å². The van der Waals surface area contributed by atoms with Crippen LogP contribution in [0.2, 0.25) is 0 Å². The smallest absolute Gasteiger partial charge is 0.339 e. The minimum absolute atomic E-state index is 0.0447. The van der Waals surface area contributed by atoms with Crippen molar-refractivity contribution in [2.24, 2.45) is 11.8 Å². The molecule has 2 aliphatic rings. The van der Waals surface area contributed by atoms with E-state index < -0.39 is 46.1 Å². The molecule has 2 N–H and O–H groups in total. The Hall–Kier alpha value is -4.48. The maximum atomic E-state index is 13.1. The fourth-order valence-corrected chi connectivity index (χ4v) is 8.63. The summed E-state index contributed by atoms with van der Waals surface area (Å²) in [5.41, 5.74) is -1.95. The topological polar surface area (TPSA) is 180 Å². The number of carbonyl (C=O) groups excluding carboxylic acids is 4. The third-order valence-electron chi connectivity index (χ3n) is 12.0. The van der Waals surface area contributed by atoms with Crippen LogP contribution < -0.4 is 0 Å². The Labute approximate surface area is 356 Å². The highest BCUT2D eigenvalue weighted by Crippen LogP contribution is 2.31. The van der Waals surface area contributed by atoms with Crippen molar-refractivity contribution >= 4 is 35.8 Å². The van der Waals surface area contributed by atoms with Crippen molar-refractivity contribution in [1.29, 1.82) is 0 Å². The third-order valence-corrected chi connectivity index (χ3v) is 12.0. The van der Waals surface area contributed by atoms with Crippen molar-refractivity contribution in [2.75, 3.05) is 13.2 Å². The van der Waals surface area contributed by atoms with Crippen LogP contribution in [0, 0.1) is 11.8 Å². The summed E-state index contributed by atoms with van der Waals surface area (Å²) in [6.07, 6.45) is 28.3. The molecule has 4 atom stereocenters. The minimum atomic E-state index is -1.52. The molecule has 0 aliphatic heterocycles. The molecule has 4 unspecified atom stereocenters. The van der Waals surface area contributed by atoms with Crippen LogP contribution in [-0.2, 0) is 28.5 Å². The monoisotopic (exact) mass is 838 g/mol. The standard InChI is InChI=1S/C48H70O12/c1-3-43(49)59-41-29-21-13-11-19-27-35(41)25-17-9-5-7-15-23-31-57-47(55)39-34-40(38(46(53)54)33-37(39)45(51)52)48(56)58-32-24-16-8-6-10-18-26-36-28-20-12-14-22-30-42(36)60-44(50)4-2/h3-4,33-36,41-42H,1-2,5-32H2,(H,51,52)(H,53,54). The number of carboxylic acid groups (broad SMARTS) is 2. The van der Waals surface area contributed by atoms with Gasteiger partial charge in [-0.1, -0.05) is 116 Å². The average molecular weight is 839 g/mol. The first-order valence-electron chi connectivity index (χ1n) is 22.7. The van der Waals surface area contributed by atoms with Gasteiger partial charge < -0.3 is 29.2 Å². The van der Waals surface area contributed by atoms with Crippen LogP contribution in [0.1, 0.15) is 208 Å². The van der Waals surface area contributed by atoms with Crippen LogP contribution in [-0.4, -0.2) is 71.5 Å². The van der Waals surface area contributed by atoms with E-state index in [1.165, 1.54) is 37.8 Å². The SMILES string of the molecule is C=CC(=O)OC1CCCCCCC1CCCCCCCCOC(=O)c1cc(C(=O)OCCCCCCCCC2CCCCCCC2OC(=O)C=C)c(C(=O)O)cc1C(=O)O. The molecule has 1 aromatic carbocycles. The van der Waals surface area contributed by atoms with Gasteiger partial charge in [0.15, 0.2) is 0 Å². The van der Waals surface area contributed by atoms with Crippen LogP contribution in [0.3, 0.4) is 0 Å². The van der Waals surface area contributed by atoms with E-state index >= 15 is 0 Å². The molecule has 0 amide bonds. The Morgan fingerprint density at radius 1 is 0.483 bits per heavy atom. The Morgan fingerprint density at radius 3 is 1.18 bits per heavy atom. The number of benzene rings is 1. The van der Waals surface area contributed by atoms with E-state index in [9.17, 15) is 39.0 Å². The molecule has 2 fully saturated rings. The van der Waals surface area contributed by atoms with E-state index in [-0.39, 0.29) is 37.4 Å². The lowest BCUT2D eigenvalue weighted by atomic mass is 9.85. The van der Waals surface area contributed by atoms with Gasteiger partial charge in [-0.2, -0.15) is 0 Å². The summed E-state index contributed by atoms with van der Waals surface area (Å²) < 4.78 is 22.2. The maximum Gasteiger partial charge on any atom is 0.339 e. The summed E-state index contributed by atoms with van der Waals surface area (Å²) in [7, 11) is 0. The zero-order valence-electron chi connectivity index (χ0n) is 35.8. The highest BCUT2D eigenvalue weighted by atomic mass is 16.6.